The number of aromatic carboxylic acids is 1. The van der Waals surface area contributed by atoms with Crippen molar-refractivity contribution in [2.45, 2.75) is 13.1 Å². The number of hydrogen-bond donors (Lipinski definition) is 4. The Labute approximate surface area is 135 Å². The molecule has 0 saturated carbocycles. The maximum Gasteiger partial charge on any atom is 0.416 e. The zero-order valence-corrected chi connectivity index (χ0v) is 13.0. The number of carboxylic acid groups (broad SMARTS) is 1. The zero-order chi connectivity index (χ0) is 17.2. The molecular formula is C13H16ClF3N4O2. The Bertz CT molecular complexity index is 737. The lowest BCUT2D eigenvalue weighted by Gasteiger charge is -2.06. The van der Waals surface area contributed by atoms with Gasteiger partial charge in [0.15, 0.2) is 5.96 Å². The summed E-state index contributed by atoms with van der Waals surface area (Å²) in [7, 11) is 1.52. The smallest absolute Gasteiger partial charge is 0.416 e. The number of guanidine groups is 1. The molecule has 0 radical (unpaired) electrons. The van der Waals surface area contributed by atoms with E-state index in [0.29, 0.717) is 16.5 Å². The van der Waals surface area contributed by atoms with Crippen LogP contribution in [0.2, 0.25) is 0 Å². The predicted molar refractivity (Wildman–Crippen MR) is 83.0 cm³/mol. The van der Waals surface area contributed by atoms with Crippen LogP contribution in [0.4, 0.5) is 13.2 Å². The molecule has 2 aromatic rings. The number of aromatic nitrogens is 1. The molecule has 1 aromatic carbocycles. The number of halogens is 4. The molecule has 1 heterocycles. The monoisotopic (exact) mass is 352 g/mol. The van der Waals surface area contributed by atoms with E-state index in [1.54, 1.807) is 0 Å². The number of rotatable bonds is 1. The second-order valence-electron chi connectivity index (χ2n) is 4.52. The van der Waals surface area contributed by atoms with E-state index in [9.17, 15) is 18.0 Å². The van der Waals surface area contributed by atoms with Gasteiger partial charge >= 0.3 is 12.1 Å². The third kappa shape index (κ3) is 4.52. The van der Waals surface area contributed by atoms with Gasteiger partial charge in [-0.25, -0.2) is 4.79 Å². The first kappa shape index (κ1) is 20.6. The summed E-state index contributed by atoms with van der Waals surface area (Å²) in [5.74, 6) is -1.49. The molecule has 10 heteroatoms. The average molecular weight is 353 g/mol. The Balaban J connectivity index is 0.000000871. The molecule has 0 amide bonds. The lowest BCUT2D eigenvalue weighted by Crippen LogP contribution is -2.20. The number of carboxylic acids is 1. The van der Waals surface area contributed by atoms with Crippen molar-refractivity contribution in [1.82, 2.24) is 4.57 Å². The highest BCUT2D eigenvalue weighted by Gasteiger charge is 2.31. The molecule has 1 aromatic heterocycles. The summed E-state index contributed by atoms with van der Waals surface area (Å²) >= 11 is 0. The van der Waals surface area contributed by atoms with E-state index < -0.39 is 17.7 Å². The van der Waals surface area contributed by atoms with Crippen LogP contribution in [-0.4, -0.2) is 21.6 Å². The average Bonchev–Trinajstić information content (AvgIpc) is 2.59. The lowest BCUT2D eigenvalue weighted by atomic mass is 10.1. The molecule has 0 fully saturated rings. The van der Waals surface area contributed by atoms with Gasteiger partial charge in [0, 0.05) is 18.0 Å². The van der Waals surface area contributed by atoms with E-state index in [-0.39, 0.29) is 24.1 Å². The maximum absolute atomic E-state index is 12.6. The van der Waals surface area contributed by atoms with E-state index in [4.69, 9.17) is 10.5 Å². The van der Waals surface area contributed by atoms with Gasteiger partial charge in [-0.3, -0.25) is 5.41 Å². The van der Waals surface area contributed by atoms with Gasteiger partial charge in [0.25, 0.3) is 0 Å². The fourth-order valence-corrected chi connectivity index (χ4v) is 2.11. The Kier molecular flexibility index (Phi) is 6.47. The third-order valence-electron chi connectivity index (χ3n) is 2.98. The van der Waals surface area contributed by atoms with Crippen molar-refractivity contribution in [3.8, 4) is 0 Å². The summed E-state index contributed by atoms with van der Waals surface area (Å²) in [4.78, 5) is 11.1. The molecule has 2 rings (SSSR count). The van der Waals surface area contributed by atoms with Crippen molar-refractivity contribution in [1.29, 1.82) is 5.41 Å². The van der Waals surface area contributed by atoms with Gasteiger partial charge in [0.2, 0.25) is 0 Å². The summed E-state index contributed by atoms with van der Waals surface area (Å²) in [6.07, 6.45) is -4.43. The topological polar surface area (TPSA) is 118 Å². The van der Waals surface area contributed by atoms with Crippen LogP contribution in [-0.2, 0) is 13.2 Å². The molecular weight excluding hydrogens is 337 g/mol. The van der Waals surface area contributed by atoms with Crippen LogP contribution in [0.5, 0.6) is 0 Å². The van der Waals surface area contributed by atoms with Crippen LogP contribution in [0.3, 0.4) is 0 Å². The Hall–Kier alpha value is -2.42. The predicted octanol–water partition coefficient (Wildman–Crippen LogP) is 2.46. The van der Waals surface area contributed by atoms with Crippen molar-refractivity contribution in [3.05, 3.63) is 35.0 Å². The number of fused-ring (bicyclic) bond motifs is 1. The fraction of sp³-hybridized carbons (Fsp3) is 0.231. The molecule has 0 atom stereocenters. The first-order valence-corrected chi connectivity index (χ1v) is 5.95. The number of hydrogen-bond acceptors (Lipinski definition) is 2. The number of benzene rings is 1. The molecule has 0 spiro atoms. The van der Waals surface area contributed by atoms with Gasteiger partial charge in [-0.15, -0.1) is 12.4 Å². The molecule has 128 valence electrons. The van der Waals surface area contributed by atoms with E-state index in [1.165, 1.54) is 24.6 Å². The van der Waals surface area contributed by atoms with E-state index in [2.05, 4.69) is 11.5 Å². The van der Waals surface area contributed by atoms with Gasteiger partial charge in [0.05, 0.1) is 5.56 Å². The molecule has 0 bridgehead atoms. The van der Waals surface area contributed by atoms with Crippen molar-refractivity contribution >= 4 is 35.2 Å². The third-order valence-corrected chi connectivity index (χ3v) is 2.98. The van der Waals surface area contributed by atoms with Crippen molar-refractivity contribution in [3.63, 3.8) is 0 Å². The summed E-state index contributed by atoms with van der Waals surface area (Å²) < 4.78 is 39.2. The van der Waals surface area contributed by atoms with E-state index >= 15 is 0 Å². The van der Waals surface area contributed by atoms with Crippen LogP contribution in [0.25, 0.3) is 10.9 Å². The lowest BCUT2D eigenvalue weighted by molar-refractivity contribution is -0.137. The van der Waals surface area contributed by atoms with Gasteiger partial charge in [0.1, 0.15) is 5.69 Å². The molecule has 0 aliphatic carbocycles. The number of nitrogens with one attached hydrogen (secondary N) is 1. The number of alkyl halides is 3. The molecule has 0 unspecified atom stereocenters. The first-order valence-electron chi connectivity index (χ1n) is 5.95. The SMILES string of the molecule is Cc1c(C(=O)O)n(C)c2ccc(C(F)(F)F)cc12.Cl.N=C(N)N. The number of nitrogens with zero attached hydrogens (tertiary/aromatic N) is 1. The maximum atomic E-state index is 12.6. The Morgan fingerprint density at radius 2 is 1.78 bits per heavy atom. The van der Waals surface area contributed by atoms with Crippen LogP contribution in [0.1, 0.15) is 21.6 Å². The van der Waals surface area contributed by atoms with Crippen molar-refractivity contribution in [2.75, 3.05) is 0 Å². The normalized spacial score (nSPS) is 10.5. The van der Waals surface area contributed by atoms with Gasteiger partial charge in [-0.2, -0.15) is 13.2 Å². The van der Waals surface area contributed by atoms with Gasteiger partial charge in [-0.05, 0) is 30.7 Å². The minimum atomic E-state index is -4.43. The first-order chi connectivity index (χ1) is 9.96. The molecule has 6 nitrogen and oxygen atoms in total. The second-order valence-corrected chi connectivity index (χ2v) is 4.52. The summed E-state index contributed by atoms with van der Waals surface area (Å²) in [5.41, 5.74) is 8.98. The quantitative estimate of drug-likeness (QED) is 0.465. The summed E-state index contributed by atoms with van der Waals surface area (Å²) in [6.45, 7) is 1.51. The summed E-state index contributed by atoms with van der Waals surface area (Å²) in [6, 6.07) is 3.22. The highest BCUT2D eigenvalue weighted by atomic mass is 35.5. The van der Waals surface area contributed by atoms with E-state index in [0.717, 1.165) is 12.1 Å². The van der Waals surface area contributed by atoms with Gasteiger partial charge < -0.3 is 21.1 Å². The molecule has 6 N–H and O–H groups in total. The standard InChI is InChI=1S/C12H10F3NO2.CH5N3.ClH/c1-6-8-5-7(12(13,14)15)3-4-9(8)16(2)10(6)11(17)18;2-1(3)4;/h3-5H,1-2H3,(H,17,18);(H5,2,3,4);1H. The van der Waals surface area contributed by atoms with Crippen molar-refractivity contribution < 1.29 is 23.1 Å². The highest BCUT2D eigenvalue weighted by Crippen LogP contribution is 2.33. The molecule has 0 aliphatic rings. The van der Waals surface area contributed by atoms with Crippen LogP contribution < -0.4 is 11.5 Å². The zero-order valence-electron chi connectivity index (χ0n) is 12.2. The van der Waals surface area contributed by atoms with Crippen molar-refractivity contribution in [2.24, 2.45) is 18.5 Å². The minimum absolute atomic E-state index is 0. The number of carbonyl (C=O) groups is 1. The molecule has 0 aliphatic heterocycles. The van der Waals surface area contributed by atoms with Crippen LogP contribution >= 0.6 is 12.4 Å². The van der Waals surface area contributed by atoms with Gasteiger partial charge in [-0.1, -0.05) is 0 Å². The number of aryl methyl sites for hydroxylation is 2. The number of nitrogens with two attached hydrogens (primary N) is 2. The van der Waals surface area contributed by atoms with Crippen LogP contribution in [0, 0.1) is 12.3 Å². The second kappa shape index (κ2) is 7.23. The van der Waals surface area contributed by atoms with E-state index in [1.807, 2.05) is 0 Å². The fourth-order valence-electron chi connectivity index (χ4n) is 2.11. The summed E-state index contributed by atoms with van der Waals surface area (Å²) in [5, 5.41) is 15.4. The highest BCUT2D eigenvalue weighted by molar-refractivity contribution is 5.98. The molecule has 0 saturated heterocycles. The molecule has 23 heavy (non-hydrogen) atoms. The Morgan fingerprint density at radius 3 is 2.17 bits per heavy atom. The largest absolute Gasteiger partial charge is 0.477 e. The Morgan fingerprint density at radius 1 is 1.30 bits per heavy atom. The minimum Gasteiger partial charge on any atom is -0.477 e. The van der Waals surface area contributed by atoms with Crippen LogP contribution in [0.15, 0.2) is 18.2 Å².